The Hall–Kier alpha value is -2.63. The van der Waals surface area contributed by atoms with Gasteiger partial charge in [0.05, 0.1) is 17.0 Å². The minimum Gasteiger partial charge on any atom is -0.420 e. The molecule has 2 aromatic carbocycles. The van der Waals surface area contributed by atoms with Crippen LogP contribution in [0.2, 0.25) is 0 Å². The van der Waals surface area contributed by atoms with Crippen molar-refractivity contribution in [3.8, 4) is 11.5 Å². The lowest BCUT2D eigenvalue weighted by Crippen LogP contribution is -2.06. The number of alkyl halides is 3. The molecule has 3 aromatic rings. The summed E-state index contributed by atoms with van der Waals surface area (Å²) in [6, 6.07) is 13.3. The predicted molar refractivity (Wildman–Crippen MR) is 97.2 cm³/mol. The molecule has 3 rings (SSSR count). The van der Waals surface area contributed by atoms with E-state index in [1.807, 2.05) is 19.1 Å². The number of aromatic nitrogens is 2. The summed E-state index contributed by atoms with van der Waals surface area (Å²) in [6.45, 7) is 6.22. The van der Waals surface area contributed by atoms with Crippen molar-refractivity contribution in [2.45, 2.75) is 39.3 Å². The van der Waals surface area contributed by atoms with Crippen LogP contribution in [0.1, 0.15) is 49.3 Å². The quantitative estimate of drug-likeness (QED) is 0.541. The fraction of sp³-hybridized carbons (Fsp3) is 0.333. The molecule has 0 bridgehead atoms. The zero-order valence-electron chi connectivity index (χ0n) is 15.4. The fourth-order valence-corrected chi connectivity index (χ4v) is 2.99. The van der Waals surface area contributed by atoms with E-state index in [9.17, 15) is 13.2 Å². The van der Waals surface area contributed by atoms with Gasteiger partial charge in [0.25, 0.3) is 0 Å². The maximum atomic E-state index is 13.2. The molecule has 0 amide bonds. The van der Waals surface area contributed by atoms with E-state index < -0.39 is 11.7 Å². The highest BCUT2D eigenvalue weighted by atomic mass is 19.4. The van der Waals surface area contributed by atoms with Gasteiger partial charge >= 0.3 is 6.18 Å². The van der Waals surface area contributed by atoms with E-state index in [0.717, 1.165) is 18.1 Å². The summed E-state index contributed by atoms with van der Waals surface area (Å²) < 4.78 is 45.2. The number of hydrogen-bond acceptors (Lipinski definition) is 3. The van der Waals surface area contributed by atoms with Crippen LogP contribution in [0.25, 0.3) is 11.5 Å². The highest BCUT2D eigenvalue weighted by Crippen LogP contribution is 2.37. The van der Waals surface area contributed by atoms with Crippen molar-refractivity contribution >= 4 is 0 Å². The van der Waals surface area contributed by atoms with Crippen LogP contribution in [0, 0.1) is 5.92 Å². The molecule has 1 aromatic heterocycles. The van der Waals surface area contributed by atoms with E-state index in [1.165, 1.54) is 23.8 Å². The summed E-state index contributed by atoms with van der Waals surface area (Å²) in [5.41, 5.74) is 1.32. The van der Waals surface area contributed by atoms with E-state index in [0.29, 0.717) is 11.8 Å². The van der Waals surface area contributed by atoms with Gasteiger partial charge in [-0.05, 0) is 42.5 Å². The van der Waals surface area contributed by atoms with Gasteiger partial charge in [-0.2, -0.15) is 13.2 Å². The topological polar surface area (TPSA) is 38.9 Å². The Morgan fingerprint density at radius 3 is 2.22 bits per heavy atom. The Morgan fingerprint density at radius 2 is 1.59 bits per heavy atom. The largest absolute Gasteiger partial charge is 0.420 e. The molecule has 0 fully saturated rings. The SMILES string of the molecule is CC(C)Cc1ccc([C@@H](C)c2nnc(-c3ccccc3C(F)(F)F)o2)cc1. The van der Waals surface area contributed by atoms with Gasteiger partial charge in [-0.15, -0.1) is 10.2 Å². The second kappa shape index (κ2) is 7.55. The second-order valence-corrected chi connectivity index (χ2v) is 7.05. The van der Waals surface area contributed by atoms with Crippen molar-refractivity contribution in [1.82, 2.24) is 10.2 Å². The lowest BCUT2D eigenvalue weighted by molar-refractivity contribution is -0.137. The van der Waals surface area contributed by atoms with Crippen molar-refractivity contribution in [3.05, 3.63) is 71.1 Å². The van der Waals surface area contributed by atoms with Gasteiger partial charge < -0.3 is 4.42 Å². The van der Waals surface area contributed by atoms with Crippen LogP contribution < -0.4 is 0 Å². The standard InChI is InChI=1S/C21H21F3N2O/c1-13(2)12-15-8-10-16(11-9-15)14(3)19-25-26-20(27-19)17-6-4-5-7-18(17)21(22,23)24/h4-11,13-14H,12H2,1-3H3/t14-/m1/s1. The summed E-state index contributed by atoms with van der Waals surface area (Å²) in [5, 5.41) is 7.83. The van der Waals surface area contributed by atoms with E-state index in [-0.39, 0.29) is 17.4 Å². The number of hydrogen-bond donors (Lipinski definition) is 0. The molecule has 0 N–H and O–H groups in total. The molecule has 0 saturated carbocycles. The summed E-state index contributed by atoms with van der Waals surface area (Å²) in [7, 11) is 0. The molecule has 0 spiro atoms. The van der Waals surface area contributed by atoms with E-state index in [1.54, 1.807) is 0 Å². The van der Waals surface area contributed by atoms with Gasteiger partial charge in [0.2, 0.25) is 11.8 Å². The molecule has 0 aliphatic carbocycles. The van der Waals surface area contributed by atoms with Crippen LogP contribution >= 0.6 is 0 Å². The summed E-state index contributed by atoms with van der Waals surface area (Å²) >= 11 is 0. The number of rotatable bonds is 5. The van der Waals surface area contributed by atoms with Crippen molar-refractivity contribution in [2.24, 2.45) is 5.92 Å². The average molecular weight is 374 g/mol. The average Bonchev–Trinajstić information content (AvgIpc) is 3.10. The van der Waals surface area contributed by atoms with Crippen LogP contribution in [0.15, 0.2) is 52.9 Å². The molecular formula is C21H21F3N2O. The number of nitrogens with zero attached hydrogens (tertiary/aromatic N) is 2. The van der Waals surface area contributed by atoms with E-state index in [4.69, 9.17) is 4.42 Å². The fourth-order valence-electron chi connectivity index (χ4n) is 2.99. The molecular weight excluding hydrogens is 353 g/mol. The van der Waals surface area contributed by atoms with Gasteiger partial charge in [0, 0.05) is 0 Å². The monoisotopic (exact) mass is 374 g/mol. The van der Waals surface area contributed by atoms with E-state index in [2.05, 4.69) is 36.2 Å². The molecule has 0 unspecified atom stereocenters. The first kappa shape index (κ1) is 19.1. The molecule has 6 heteroatoms. The lowest BCUT2D eigenvalue weighted by atomic mass is 9.97. The second-order valence-electron chi connectivity index (χ2n) is 7.05. The molecule has 1 heterocycles. The van der Waals surface area contributed by atoms with Crippen molar-refractivity contribution < 1.29 is 17.6 Å². The molecule has 0 aliphatic rings. The Morgan fingerprint density at radius 1 is 0.926 bits per heavy atom. The zero-order chi connectivity index (χ0) is 19.6. The Kier molecular flexibility index (Phi) is 5.35. The minimum atomic E-state index is -4.48. The van der Waals surface area contributed by atoms with Crippen LogP contribution in [0.3, 0.4) is 0 Å². The first-order chi connectivity index (χ1) is 12.8. The van der Waals surface area contributed by atoms with Crippen LogP contribution in [-0.4, -0.2) is 10.2 Å². The Labute approximate surface area is 156 Å². The molecule has 0 aliphatic heterocycles. The summed E-state index contributed by atoms with van der Waals surface area (Å²) in [6.07, 6.45) is -3.49. The first-order valence-electron chi connectivity index (χ1n) is 8.84. The molecule has 1 atom stereocenters. The maximum Gasteiger partial charge on any atom is 0.417 e. The van der Waals surface area contributed by atoms with Gasteiger partial charge in [0.15, 0.2) is 0 Å². The maximum absolute atomic E-state index is 13.2. The highest BCUT2D eigenvalue weighted by molar-refractivity contribution is 5.59. The normalized spacial score (nSPS) is 13.1. The van der Waals surface area contributed by atoms with Gasteiger partial charge in [0.1, 0.15) is 0 Å². The minimum absolute atomic E-state index is 0.108. The van der Waals surface area contributed by atoms with Crippen molar-refractivity contribution in [3.63, 3.8) is 0 Å². The predicted octanol–water partition coefficient (Wildman–Crippen LogP) is 6.11. The third-order valence-corrected chi connectivity index (χ3v) is 4.40. The summed E-state index contributed by atoms with van der Waals surface area (Å²) in [5.74, 6) is 0.526. The number of halogens is 3. The molecule has 3 nitrogen and oxygen atoms in total. The van der Waals surface area contributed by atoms with Gasteiger partial charge in [-0.3, -0.25) is 0 Å². The third-order valence-electron chi connectivity index (χ3n) is 4.40. The van der Waals surface area contributed by atoms with Crippen LogP contribution in [0.5, 0.6) is 0 Å². The molecule has 142 valence electrons. The van der Waals surface area contributed by atoms with Crippen LogP contribution in [-0.2, 0) is 12.6 Å². The molecule has 0 radical (unpaired) electrons. The Balaban J connectivity index is 1.86. The number of benzene rings is 2. The van der Waals surface area contributed by atoms with Crippen LogP contribution in [0.4, 0.5) is 13.2 Å². The zero-order valence-corrected chi connectivity index (χ0v) is 15.4. The smallest absolute Gasteiger partial charge is 0.417 e. The molecule has 0 saturated heterocycles. The third kappa shape index (κ3) is 4.38. The highest BCUT2D eigenvalue weighted by Gasteiger charge is 2.35. The van der Waals surface area contributed by atoms with E-state index >= 15 is 0 Å². The Bertz CT molecular complexity index is 898. The van der Waals surface area contributed by atoms with Crippen molar-refractivity contribution in [2.75, 3.05) is 0 Å². The van der Waals surface area contributed by atoms with Gasteiger partial charge in [-0.25, -0.2) is 0 Å². The summed E-state index contributed by atoms with van der Waals surface area (Å²) in [4.78, 5) is 0. The van der Waals surface area contributed by atoms with Crippen molar-refractivity contribution in [1.29, 1.82) is 0 Å². The van der Waals surface area contributed by atoms with Gasteiger partial charge in [-0.1, -0.05) is 50.2 Å². The first-order valence-corrected chi connectivity index (χ1v) is 8.84. The molecule has 27 heavy (non-hydrogen) atoms. The lowest BCUT2D eigenvalue weighted by Gasteiger charge is -2.10.